The van der Waals surface area contributed by atoms with Crippen molar-refractivity contribution in [2.75, 3.05) is 48.8 Å². The number of rotatable bonds is 7. The summed E-state index contributed by atoms with van der Waals surface area (Å²) in [6.45, 7) is 6.04. The van der Waals surface area contributed by atoms with Crippen LogP contribution in [0.15, 0.2) is 60.8 Å². The maximum absolute atomic E-state index is 11.6. The summed E-state index contributed by atoms with van der Waals surface area (Å²) in [6, 6.07) is 17.2. The van der Waals surface area contributed by atoms with Gasteiger partial charge in [-0.2, -0.15) is 4.98 Å². The molecular weight excluding hydrogens is 404 g/mol. The Hall–Kier alpha value is -3.65. The number of carbonyl (C=O) groups excluding carboxylic acids is 1. The van der Waals surface area contributed by atoms with E-state index < -0.39 is 0 Å². The largest absolute Gasteiger partial charge is 0.439 e. The van der Waals surface area contributed by atoms with Gasteiger partial charge in [0, 0.05) is 68.0 Å². The standard InChI is InChI=1S/C24H28N6O2/c1-3-22(31)26-19-5-4-6-21(17-19)32-23-11-12-25-24(28-23)27-18-7-9-20(10-8-18)30-15-13-29(2)14-16-30/h4-12,17H,3,13-16H2,1-2H3,(H,26,31)(H,25,27,28). The molecule has 2 heterocycles. The average Bonchev–Trinajstić information content (AvgIpc) is 2.81. The minimum absolute atomic E-state index is 0.0469. The third-order valence-corrected chi connectivity index (χ3v) is 5.28. The number of aromatic nitrogens is 2. The first-order valence-corrected chi connectivity index (χ1v) is 10.8. The molecule has 0 bridgehead atoms. The quantitative estimate of drug-likeness (QED) is 0.581. The maximum Gasteiger partial charge on any atom is 0.230 e. The zero-order valence-electron chi connectivity index (χ0n) is 18.4. The third kappa shape index (κ3) is 5.73. The van der Waals surface area contributed by atoms with Crippen LogP contribution in [0.25, 0.3) is 0 Å². The predicted molar refractivity (Wildman–Crippen MR) is 127 cm³/mol. The summed E-state index contributed by atoms with van der Waals surface area (Å²) in [6.07, 6.45) is 2.06. The zero-order chi connectivity index (χ0) is 22.3. The third-order valence-electron chi connectivity index (χ3n) is 5.28. The van der Waals surface area contributed by atoms with E-state index in [1.165, 1.54) is 5.69 Å². The molecule has 0 atom stereocenters. The van der Waals surface area contributed by atoms with E-state index in [1.54, 1.807) is 18.3 Å². The van der Waals surface area contributed by atoms with Crippen LogP contribution in [-0.4, -0.2) is 54.0 Å². The van der Waals surface area contributed by atoms with Crippen molar-refractivity contribution in [3.63, 3.8) is 0 Å². The number of ether oxygens (including phenoxy) is 1. The lowest BCUT2D eigenvalue weighted by Gasteiger charge is -2.34. The SMILES string of the molecule is CCC(=O)Nc1cccc(Oc2ccnc(Nc3ccc(N4CCN(C)CC4)cc3)n2)c1. The highest BCUT2D eigenvalue weighted by atomic mass is 16.5. The van der Waals surface area contributed by atoms with Crippen LogP contribution in [0.3, 0.4) is 0 Å². The van der Waals surface area contributed by atoms with Gasteiger partial charge in [0.1, 0.15) is 5.75 Å². The molecule has 0 radical (unpaired) electrons. The Morgan fingerprint density at radius 3 is 2.56 bits per heavy atom. The van der Waals surface area contributed by atoms with E-state index in [0.29, 0.717) is 29.7 Å². The van der Waals surface area contributed by atoms with Crippen molar-refractivity contribution in [1.82, 2.24) is 14.9 Å². The second-order valence-corrected chi connectivity index (χ2v) is 7.71. The van der Waals surface area contributed by atoms with Crippen molar-refractivity contribution < 1.29 is 9.53 Å². The lowest BCUT2D eigenvalue weighted by atomic mass is 10.2. The smallest absolute Gasteiger partial charge is 0.230 e. The molecule has 0 unspecified atom stereocenters. The van der Waals surface area contributed by atoms with Crippen LogP contribution in [0.5, 0.6) is 11.6 Å². The Balaban J connectivity index is 1.39. The molecule has 1 aliphatic heterocycles. The van der Waals surface area contributed by atoms with Crippen molar-refractivity contribution in [3.05, 3.63) is 60.8 Å². The van der Waals surface area contributed by atoms with Gasteiger partial charge in [-0.05, 0) is 43.4 Å². The molecule has 32 heavy (non-hydrogen) atoms. The molecule has 166 valence electrons. The van der Waals surface area contributed by atoms with Crippen LogP contribution < -0.4 is 20.3 Å². The molecule has 3 aromatic rings. The van der Waals surface area contributed by atoms with E-state index in [9.17, 15) is 4.79 Å². The van der Waals surface area contributed by atoms with Gasteiger partial charge in [-0.15, -0.1) is 0 Å². The first-order chi connectivity index (χ1) is 15.6. The Kier molecular flexibility index (Phi) is 6.81. The van der Waals surface area contributed by atoms with Crippen LogP contribution in [0.2, 0.25) is 0 Å². The van der Waals surface area contributed by atoms with Crippen molar-refractivity contribution in [3.8, 4) is 11.6 Å². The number of likely N-dealkylation sites (N-methyl/N-ethyl adjacent to an activating group) is 1. The van der Waals surface area contributed by atoms with Crippen LogP contribution in [-0.2, 0) is 4.79 Å². The van der Waals surface area contributed by atoms with Crippen molar-refractivity contribution in [2.45, 2.75) is 13.3 Å². The molecule has 1 fully saturated rings. The molecular formula is C24H28N6O2. The number of hydrogen-bond donors (Lipinski definition) is 2. The van der Waals surface area contributed by atoms with Crippen LogP contribution in [0, 0.1) is 0 Å². The Bertz CT molecular complexity index is 1050. The van der Waals surface area contributed by atoms with Gasteiger partial charge in [0.25, 0.3) is 0 Å². The van der Waals surface area contributed by atoms with E-state index in [-0.39, 0.29) is 5.91 Å². The Morgan fingerprint density at radius 1 is 1.03 bits per heavy atom. The van der Waals surface area contributed by atoms with Gasteiger partial charge < -0.3 is 25.2 Å². The fourth-order valence-corrected chi connectivity index (χ4v) is 3.42. The monoisotopic (exact) mass is 432 g/mol. The number of piperazine rings is 1. The number of anilines is 4. The fraction of sp³-hybridized carbons (Fsp3) is 0.292. The van der Waals surface area contributed by atoms with Gasteiger partial charge in [0.15, 0.2) is 0 Å². The highest BCUT2D eigenvalue weighted by molar-refractivity contribution is 5.90. The van der Waals surface area contributed by atoms with Gasteiger partial charge in [-0.25, -0.2) is 4.98 Å². The molecule has 8 nitrogen and oxygen atoms in total. The Morgan fingerprint density at radius 2 is 1.81 bits per heavy atom. The summed E-state index contributed by atoms with van der Waals surface area (Å²) >= 11 is 0. The summed E-state index contributed by atoms with van der Waals surface area (Å²) in [7, 11) is 2.16. The van der Waals surface area contributed by atoms with E-state index >= 15 is 0 Å². The molecule has 2 N–H and O–H groups in total. The van der Waals surface area contributed by atoms with Gasteiger partial charge in [-0.3, -0.25) is 4.79 Å². The molecule has 0 saturated carbocycles. The number of nitrogens with zero attached hydrogens (tertiary/aromatic N) is 4. The van der Waals surface area contributed by atoms with Gasteiger partial charge in [0.2, 0.25) is 17.7 Å². The molecule has 0 spiro atoms. The highest BCUT2D eigenvalue weighted by Gasteiger charge is 2.14. The van der Waals surface area contributed by atoms with Gasteiger partial charge in [-0.1, -0.05) is 13.0 Å². The molecule has 1 saturated heterocycles. The summed E-state index contributed by atoms with van der Waals surface area (Å²) in [5, 5.41) is 6.05. The Labute approximate surface area is 188 Å². The normalized spacial score (nSPS) is 14.1. The van der Waals surface area contributed by atoms with Gasteiger partial charge >= 0.3 is 0 Å². The average molecular weight is 433 g/mol. The number of benzene rings is 2. The fourth-order valence-electron chi connectivity index (χ4n) is 3.42. The molecule has 1 amide bonds. The second kappa shape index (κ2) is 10.1. The first kappa shape index (κ1) is 21.6. The lowest BCUT2D eigenvalue weighted by molar-refractivity contribution is -0.115. The van der Waals surface area contributed by atoms with Crippen LogP contribution in [0.4, 0.5) is 23.0 Å². The first-order valence-electron chi connectivity index (χ1n) is 10.8. The van der Waals surface area contributed by atoms with Crippen LogP contribution in [0.1, 0.15) is 13.3 Å². The van der Waals surface area contributed by atoms with Crippen LogP contribution >= 0.6 is 0 Å². The summed E-state index contributed by atoms with van der Waals surface area (Å²) in [5.74, 6) is 1.40. The van der Waals surface area contributed by atoms with E-state index in [0.717, 1.165) is 31.9 Å². The molecule has 8 heteroatoms. The highest BCUT2D eigenvalue weighted by Crippen LogP contribution is 2.25. The predicted octanol–water partition coefficient (Wildman–Crippen LogP) is 4.11. The summed E-state index contributed by atoms with van der Waals surface area (Å²) in [4.78, 5) is 25.1. The summed E-state index contributed by atoms with van der Waals surface area (Å²) < 4.78 is 5.87. The molecule has 1 aromatic heterocycles. The summed E-state index contributed by atoms with van der Waals surface area (Å²) in [5.41, 5.74) is 2.81. The minimum atomic E-state index is -0.0469. The number of amides is 1. The number of hydrogen-bond acceptors (Lipinski definition) is 7. The number of carbonyl (C=O) groups is 1. The van der Waals surface area contributed by atoms with E-state index in [1.807, 2.05) is 37.3 Å². The zero-order valence-corrected chi connectivity index (χ0v) is 18.4. The van der Waals surface area contributed by atoms with E-state index in [4.69, 9.17) is 4.74 Å². The van der Waals surface area contributed by atoms with E-state index in [2.05, 4.69) is 49.6 Å². The molecule has 1 aliphatic rings. The maximum atomic E-state index is 11.6. The van der Waals surface area contributed by atoms with Crippen molar-refractivity contribution in [2.24, 2.45) is 0 Å². The van der Waals surface area contributed by atoms with Gasteiger partial charge in [0.05, 0.1) is 0 Å². The topological polar surface area (TPSA) is 82.6 Å². The molecule has 4 rings (SSSR count). The molecule has 0 aliphatic carbocycles. The van der Waals surface area contributed by atoms with Crippen molar-refractivity contribution in [1.29, 1.82) is 0 Å². The van der Waals surface area contributed by atoms with Crippen molar-refractivity contribution >= 4 is 28.9 Å². The second-order valence-electron chi connectivity index (χ2n) is 7.71. The number of nitrogens with one attached hydrogen (secondary N) is 2. The minimum Gasteiger partial charge on any atom is -0.439 e. The lowest BCUT2D eigenvalue weighted by Crippen LogP contribution is -2.44. The molecule has 2 aromatic carbocycles.